The first-order valence-corrected chi connectivity index (χ1v) is 1.87. The van der Waals surface area contributed by atoms with E-state index in [1.54, 1.807) is 0 Å². The van der Waals surface area contributed by atoms with E-state index < -0.39 is 16.9 Å². The summed E-state index contributed by atoms with van der Waals surface area (Å²) in [5.41, 5.74) is 0. The molecule has 1 N–H and O–H groups in total. The lowest BCUT2D eigenvalue weighted by Gasteiger charge is -1.92. The summed E-state index contributed by atoms with van der Waals surface area (Å²) in [6.45, 7) is 0.952. The van der Waals surface area contributed by atoms with Crippen LogP contribution in [0.25, 0.3) is 0 Å². The van der Waals surface area contributed by atoms with Crippen molar-refractivity contribution < 1.29 is 14.8 Å². The van der Waals surface area contributed by atoms with E-state index in [4.69, 9.17) is 5.11 Å². The third kappa shape index (κ3) is 1.65. The van der Waals surface area contributed by atoms with Crippen molar-refractivity contribution in [3.8, 4) is 0 Å². The van der Waals surface area contributed by atoms with Gasteiger partial charge in [0, 0.05) is 6.92 Å². The molecule has 46 valence electrons. The number of hydrogen-bond acceptors (Lipinski definition) is 4. The van der Waals surface area contributed by atoms with Crippen molar-refractivity contribution in [2.75, 3.05) is 0 Å². The summed E-state index contributed by atoms with van der Waals surface area (Å²) in [5.74, 6) is -0.852. The molecular formula is C3H5NO4. The minimum absolute atomic E-state index is 0.852. The van der Waals surface area contributed by atoms with Crippen molar-refractivity contribution in [3.05, 3.63) is 10.1 Å². The fourth-order valence-corrected chi connectivity index (χ4v) is 0.148. The molecule has 0 saturated carbocycles. The molecule has 0 bridgehead atoms. The fourth-order valence-electron chi connectivity index (χ4n) is 0.148. The van der Waals surface area contributed by atoms with Gasteiger partial charge in [0.2, 0.25) is 5.78 Å². The molecule has 8 heavy (non-hydrogen) atoms. The number of rotatable bonds is 2. The molecule has 0 amide bonds. The Morgan fingerprint density at radius 3 is 2.25 bits per heavy atom. The van der Waals surface area contributed by atoms with Crippen LogP contribution in [-0.4, -0.2) is 22.0 Å². The molecule has 0 aliphatic heterocycles. The fraction of sp³-hybridized carbons (Fsp3) is 0.667. The highest BCUT2D eigenvalue weighted by molar-refractivity contribution is 5.78. The lowest BCUT2D eigenvalue weighted by atomic mass is 10.4. The van der Waals surface area contributed by atoms with Crippen LogP contribution in [0.1, 0.15) is 6.92 Å². The van der Waals surface area contributed by atoms with Crippen LogP contribution in [0.3, 0.4) is 0 Å². The zero-order valence-electron chi connectivity index (χ0n) is 4.20. The molecule has 0 aromatic rings. The van der Waals surface area contributed by atoms with Gasteiger partial charge in [-0.2, -0.15) is 0 Å². The second kappa shape index (κ2) is 2.37. The van der Waals surface area contributed by atoms with Crippen LogP contribution in [0.15, 0.2) is 0 Å². The molecule has 0 fully saturated rings. The van der Waals surface area contributed by atoms with Crippen molar-refractivity contribution in [2.45, 2.75) is 13.2 Å². The maximum absolute atomic E-state index is 9.89. The van der Waals surface area contributed by atoms with Gasteiger partial charge in [-0.25, -0.2) is 0 Å². The molecular weight excluding hydrogens is 114 g/mol. The minimum Gasteiger partial charge on any atom is -0.327 e. The van der Waals surface area contributed by atoms with Gasteiger partial charge in [-0.3, -0.25) is 14.9 Å². The minimum atomic E-state index is -2.05. The van der Waals surface area contributed by atoms with Gasteiger partial charge < -0.3 is 5.11 Å². The first-order chi connectivity index (χ1) is 3.55. The van der Waals surface area contributed by atoms with E-state index in [2.05, 4.69) is 0 Å². The smallest absolute Gasteiger partial charge is 0.327 e. The number of carbonyl (C=O) groups is 1. The average Bonchev–Trinajstić information content (AvgIpc) is 1.64. The summed E-state index contributed by atoms with van der Waals surface area (Å²) in [7, 11) is 0. The third-order valence-corrected chi connectivity index (χ3v) is 0.563. The largest absolute Gasteiger partial charge is 0.372 e. The molecule has 0 aromatic heterocycles. The number of hydrogen-bond donors (Lipinski definition) is 1. The Hall–Kier alpha value is -0.970. The van der Waals surface area contributed by atoms with Gasteiger partial charge >= 0.3 is 6.23 Å². The van der Waals surface area contributed by atoms with E-state index >= 15 is 0 Å². The maximum Gasteiger partial charge on any atom is 0.372 e. The molecule has 0 radical (unpaired) electrons. The van der Waals surface area contributed by atoms with E-state index in [0.717, 1.165) is 6.92 Å². The molecule has 0 spiro atoms. The highest BCUT2D eigenvalue weighted by atomic mass is 16.7. The van der Waals surface area contributed by atoms with E-state index in [0.29, 0.717) is 0 Å². The van der Waals surface area contributed by atoms with Gasteiger partial charge in [0.1, 0.15) is 0 Å². The second-order valence-electron chi connectivity index (χ2n) is 1.27. The molecule has 1 unspecified atom stereocenters. The zero-order valence-corrected chi connectivity index (χ0v) is 4.20. The number of nitrogens with zero attached hydrogens (tertiary/aromatic N) is 1. The van der Waals surface area contributed by atoms with Gasteiger partial charge in [0.25, 0.3) is 0 Å². The Bertz CT molecular complexity index is 106. The summed E-state index contributed by atoms with van der Waals surface area (Å²) in [6, 6.07) is 0. The highest BCUT2D eigenvalue weighted by Crippen LogP contribution is 1.83. The highest BCUT2D eigenvalue weighted by Gasteiger charge is 2.20. The Balaban J connectivity index is 3.83. The summed E-state index contributed by atoms with van der Waals surface area (Å²) >= 11 is 0. The molecule has 5 heteroatoms. The van der Waals surface area contributed by atoms with Crippen LogP contribution in [0, 0.1) is 10.1 Å². The summed E-state index contributed by atoms with van der Waals surface area (Å²) in [4.78, 5) is 18.3. The van der Waals surface area contributed by atoms with Crippen LogP contribution < -0.4 is 0 Å². The normalized spacial score (nSPS) is 12.8. The monoisotopic (exact) mass is 119 g/mol. The van der Waals surface area contributed by atoms with Gasteiger partial charge in [0.15, 0.2) is 0 Å². The molecule has 0 heterocycles. The van der Waals surface area contributed by atoms with Gasteiger partial charge in [-0.05, 0) is 0 Å². The van der Waals surface area contributed by atoms with E-state index in [1.807, 2.05) is 0 Å². The molecule has 0 rings (SSSR count). The van der Waals surface area contributed by atoms with Gasteiger partial charge in [0.05, 0.1) is 4.92 Å². The van der Waals surface area contributed by atoms with Crippen molar-refractivity contribution in [1.29, 1.82) is 0 Å². The Morgan fingerprint density at radius 2 is 2.25 bits per heavy atom. The number of carbonyl (C=O) groups excluding carboxylic acids is 1. The quantitative estimate of drug-likeness (QED) is 0.292. The maximum atomic E-state index is 9.89. The number of Topliss-reactive ketones (excluding diaryl/α,β-unsaturated/α-hetero) is 1. The molecule has 1 atom stereocenters. The summed E-state index contributed by atoms with van der Waals surface area (Å²) in [6.07, 6.45) is -2.05. The van der Waals surface area contributed by atoms with Gasteiger partial charge in [-0.15, -0.1) is 0 Å². The second-order valence-corrected chi connectivity index (χ2v) is 1.27. The zero-order chi connectivity index (χ0) is 6.73. The molecule has 0 saturated heterocycles. The average molecular weight is 119 g/mol. The van der Waals surface area contributed by atoms with E-state index in [1.165, 1.54) is 0 Å². The first kappa shape index (κ1) is 7.03. The molecule has 0 aliphatic rings. The van der Waals surface area contributed by atoms with Crippen LogP contribution in [0.5, 0.6) is 0 Å². The predicted molar refractivity (Wildman–Crippen MR) is 23.7 cm³/mol. The lowest BCUT2D eigenvalue weighted by Crippen LogP contribution is -2.26. The van der Waals surface area contributed by atoms with E-state index in [9.17, 15) is 14.9 Å². The Labute approximate surface area is 45.1 Å². The van der Waals surface area contributed by atoms with E-state index in [-0.39, 0.29) is 0 Å². The first-order valence-electron chi connectivity index (χ1n) is 1.87. The molecule has 0 aliphatic carbocycles. The van der Waals surface area contributed by atoms with Crippen LogP contribution in [0.4, 0.5) is 0 Å². The van der Waals surface area contributed by atoms with Crippen molar-refractivity contribution >= 4 is 5.78 Å². The molecule has 0 aromatic carbocycles. The van der Waals surface area contributed by atoms with Crippen LogP contribution in [-0.2, 0) is 4.79 Å². The number of nitro groups is 1. The Kier molecular flexibility index (Phi) is 2.08. The standard InChI is InChI=1S/C3H5NO4/c1-2(5)3(6)4(7)8/h3,6H,1H3. The van der Waals surface area contributed by atoms with Crippen molar-refractivity contribution in [2.24, 2.45) is 0 Å². The summed E-state index contributed by atoms with van der Waals surface area (Å²) in [5, 5.41) is 17.6. The number of ketones is 1. The van der Waals surface area contributed by atoms with Crippen LogP contribution >= 0.6 is 0 Å². The van der Waals surface area contributed by atoms with Crippen LogP contribution in [0.2, 0.25) is 0 Å². The topological polar surface area (TPSA) is 80.4 Å². The predicted octanol–water partition coefficient (Wildman–Crippen LogP) is -0.829. The Morgan fingerprint density at radius 1 is 1.88 bits per heavy atom. The molecule has 5 nitrogen and oxygen atoms in total. The van der Waals surface area contributed by atoms with Crippen molar-refractivity contribution in [1.82, 2.24) is 0 Å². The number of aliphatic hydroxyl groups excluding tert-OH is 1. The summed E-state index contributed by atoms with van der Waals surface area (Å²) < 4.78 is 0. The number of aliphatic hydroxyl groups is 1. The lowest BCUT2D eigenvalue weighted by molar-refractivity contribution is -0.552. The SMILES string of the molecule is CC(=O)C(O)[N+](=O)[O-]. The van der Waals surface area contributed by atoms with Gasteiger partial charge in [-0.1, -0.05) is 0 Å². The third-order valence-electron chi connectivity index (χ3n) is 0.563. The van der Waals surface area contributed by atoms with Crippen molar-refractivity contribution in [3.63, 3.8) is 0 Å².